The number of rotatable bonds is 1. The smallest absolute Gasteiger partial charge is 0.140 e. The van der Waals surface area contributed by atoms with Crippen LogP contribution >= 0.6 is 0 Å². The summed E-state index contributed by atoms with van der Waals surface area (Å²) in [5.74, 6) is 0.504. The molecule has 2 unspecified atom stereocenters. The van der Waals surface area contributed by atoms with E-state index in [0.717, 1.165) is 25.2 Å². The van der Waals surface area contributed by atoms with Crippen LogP contribution in [-0.4, -0.2) is 24.1 Å². The second-order valence-corrected chi connectivity index (χ2v) is 4.39. The van der Waals surface area contributed by atoms with Gasteiger partial charge in [-0.15, -0.1) is 0 Å². The van der Waals surface area contributed by atoms with E-state index >= 15 is 0 Å². The van der Waals surface area contributed by atoms with E-state index < -0.39 is 0 Å². The molecule has 4 heteroatoms. The summed E-state index contributed by atoms with van der Waals surface area (Å²) < 4.78 is 0. The van der Waals surface area contributed by atoms with E-state index in [1.165, 1.54) is 0 Å². The Hall–Kier alpha value is -1.60. The Kier molecular flexibility index (Phi) is 3.07. The highest BCUT2D eigenvalue weighted by Crippen LogP contribution is 2.21. The fourth-order valence-corrected chi connectivity index (χ4v) is 2.04. The molecule has 84 valence electrons. The second kappa shape index (κ2) is 4.50. The summed E-state index contributed by atoms with van der Waals surface area (Å²) in [5.41, 5.74) is 7.52. The summed E-state index contributed by atoms with van der Waals surface area (Å²) in [5, 5.41) is 8.67. The molecule has 2 rings (SSSR count). The number of nitrogens with zero attached hydrogens (tertiary/aromatic N) is 3. The molecule has 1 aromatic rings. The topological polar surface area (TPSA) is 65.9 Å². The average molecular weight is 216 g/mol. The Bertz CT molecular complexity index is 392. The van der Waals surface area contributed by atoms with Gasteiger partial charge in [-0.25, -0.2) is 4.98 Å². The fraction of sp³-hybridized carbons (Fsp3) is 0.500. The summed E-state index contributed by atoms with van der Waals surface area (Å²) in [4.78, 5) is 6.36. The first-order chi connectivity index (χ1) is 7.70. The zero-order valence-electron chi connectivity index (χ0n) is 9.43. The number of aromatic nitrogens is 1. The van der Waals surface area contributed by atoms with Crippen LogP contribution in [0.25, 0.3) is 0 Å². The van der Waals surface area contributed by atoms with Crippen LogP contribution in [0.4, 0.5) is 5.69 Å². The van der Waals surface area contributed by atoms with Gasteiger partial charge in [-0.2, -0.15) is 5.26 Å². The zero-order chi connectivity index (χ0) is 11.5. The van der Waals surface area contributed by atoms with Crippen LogP contribution in [-0.2, 0) is 0 Å². The van der Waals surface area contributed by atoms with Crippen LogP contribution in [0.15, 0.2) is 18.3 Å². The first kappa shape index (κ1) is 10.9. The summed E-state index contributed by atoms with van der Waals surface area (Å²) in [6, 6.07) is 6.04. The Labute approximate surface area is 95.7 Å². The number of pyridine rings is 1. The number of nitriles is 1. The lowest BCUT2D eigenvalue weighted by Crippen LogP contribution is -2.46. The number of hydrogen-bond donors (Lipinski definition) is 1. The summed E-state index contributed by atoms with van der Waals surface area (Å²) in [6.45, 7) is 4.11. The maximum Gasteiger partial charge on any atom is 0.140 e. The van der Waals surface area contributed by atoms with E-state index in [1.54, 1.807) is 12.3 Å². The molecule has 0 bridgehead atoms. The molecule has 1 aliphatic heterocycles. The van der Waals surface area contributed by atoms with Crippen LogP contribution in [0.3, 0.4) is 0 Å². The van der Waals surface area contributed by atoms with Gasteiger partial charge in [0.15, 0.2) is 0 Å². The summed E-state index contributed by atoms with van der Waals surface area (Å²) >= 11 is 0. The minimum atomic E-state index is 0.308. The molecular weight excluding hydrogens is 200 g/mol. The third-order valence-corrected chi connectivity index (χ3v) is 3.20. The number of hydrogen-bond acceptors (Lipinski definition) is 4. The normalized spacial score (nSPS) is 25.2. The van der Waals surface area contributed by atoms with Gasteiger partial charge in [0.05, 0.1) is 11.9 Å². The molecule has 0 amide bonds. The van der Waals surface area contributed by atoms with Crippen molar-refractivity contribution in [3.63, 3.8) is 0 Å². The van der Waals surface area contributed by atoms with Gasteiger partial charge >= 0.3 is 0 Å². The quantitative estimate of drug-likeness (QED) is 0.764. The number of piperidine rings is 1. The Morgan fingerprint density at radius 2 is 2.38 bits per heavy atom. The Morgan fingerprint density at radius 3 is 2.94 bits per heavy atom. The molecule has 2 heterocycles. The van der Waals surface area contributed by atoms with Crippen molar-refractivity contribution in [2.24, 2.45) is 11.7 Å². The van der Waals surface area contributed by atoms with Gasteiger partial charge in [-0.1, -0.05) is 6.92 Å². The summed E-state index contributed by atoms with van der Waals surface area (Å²) in [6.07, 6.45) is 2.78. The molecule has 16 heavy (non-hydrogen) atoms. The largest absolute Gasteiger partial charge is 0.370 e. The molecule has 2 atom stereocenters. The van der Waals surface area contributed by atoms with Crippen molar-refractivity contribution in [1.82, 2.24) is 4.98 Å². The van der Waals surface area contributed by atoms with Gasteiger partial charge in [0.2, 0.25) is 0 Å². The van der Waals surface area contributed by atoms with Crippen molar-refractivity contribution in [3.8, 4) is 6.07 Å². The Morgan fingerprint density at radius 1 is 1.56 bits per heavy atom. The van der Waals surface area contributed by atoms with Gasteiger partial charge in [0, 0.05) is 19.1 Å². The third kappa shape index (κ3) is 2.15. The van der Waals surface area contributed by atoms with E-state index in [4.69, 9.17) is 11.0 Å². The molecule has 1 saturated heterocycles. The maximum atomic E-state index is 8.67. The Balaban J connectivity index is 2.10. The third-order valence-electron chi connectivity index (χ3n) is 3.20. The minimum Gasteiger partial charge on any atom is -0.370 e. The van der Waals surface area contributed by atoms with Crippen molar-refractivity contribution in [1.29, 1.82) is 5.26 Å². The van der Waals surface area contributed by atoms with E-state index in [0.29, 0.717) is 17.7 Å². The molecule has 1 fully saturated rings. The first-order valence-corrected chi connectivity index (χ1v) is 5.57. The van der Waals surface area contributed by atoms with E-state index in [-0.39, 0.29) is 0 Å². The zero-order valence-corrected chi connectivity index (χ0v) is 9.43. The highest BCUT2D eigenvalue weighted by atomic mass is 15.1. The van der Waals surface area contributed by atoms with Crippen LogP contribution in [0.2, 0.25) is 0 Å². The van der Waals surface area contributed by atoms with Gasteiger partial charge in [-0.05, 0) is 24.5 Å². The predicted octanol–water partition coefficient (Wildman–Crippen LogP) is 1.13. The SMILES string of the molecule is CC1CN(c2ccc(C#N)nc2)CCC1N. The van der Waals surface area contributed by atoms with Gasteiger partial charge in [0.1, 0.15) is 11.8 Å². The lowest BCUT2D eigenvalue weighted by Gasteiger charge is -2.36. The van der Waals surface area contributed by atoms with Crippen LogP contribution < -0.4 is 10.6 Å². The predicted molar refractivity (Wildman–Crippen MR) is 62.9 cm³/mol. The van der Waals surface area contributed by atoms with Crippen LogP contribution in [0, 0.1) is 17.2 Å². The second-order valence-electron chi connectivity index (χ2n) is 4.39. The van der Waals surface area contributed by atoms with Gasteiger partial charge < -0.3 is 10.6 Å². The molecule has 1 aromatic heterocycles. The number of anilines is 1. The molecule has 0 aromatic carbocycles. The molecule has 4 nitrogen and oxygen atoms in total. The molecule has 1 aliphatic rings. The summed E-state index contributed by atoms with van der Waals surface area (Å²) in [7, 11) is 0. The van der Waals surface area contributed by atoms with Crippen LogP contribution in [0.1, 0.15) is 19.0 Å². The average Bonchev–Trinajstić information content (AvgIpc) is 2.33. The van der Waals surface area contributed by atoms with Gasteiger partial charge in [0.25, 0.3) is 0 Å². The van der Waals surface area contributed by atoms with E-state index in [1.807, 2.05) is 12.1 Å². The first-order valence-electron chi connectivity index (χ1n) is 5.57. The van der Waals surface area contributed by atoms with E-state index in [9.17, 15) is 0 Å². The van der Waals surface area contributed by atoms with Crippen molar-refractivity contribution in [2.45, 2.75) is 19.4 Å². The lowest BCUT2D eigenvalue weighted by atomic mass is 9.94. The molecular formula is C12H16N4. The van der Waals surface area contributed by atoms with Crippen molar-refractivity contribution >= 4 is 5.69 Å². The highest BCUT2D eigenvalue weighted by Gasteiger charge is 2.23. The fourth-order valence-electron chi connectivity index (χ4n) is 2.04. The van der Waals surface area contributed by atoms with Crippen molar-refractivity contribution < 1.29 is 0 Å². The van der Waals surface area contributed by atoms with E-state index in [2.05, 4.69) is 16.8 Å². The highest BCUT2D eigenvalue weighted by molar-refractivity contribution is 5.46. The monoisotopic (exact) mass is 216 g/mol. The standard InChI is InChI=1S/C12H16N4/c1-9-8-16(5-4-12(9)14)11-3-2-10(6-13)15-7-11/h2-3,7,9,12H,4-5,8,14H2,1H3. The molecule has 0 radical (unpaired) electrons. The maximum absolute atomic E-state index is 8.67. The number of nitrogens with two attached hydrogens (primary N) is 1. The minimum absolute atomic E-state index is 0.308. The molecule has 0 spiro atoms. The lowest BCUT2D eigenvalue weighted by molar-refractivity contribution is 0.383. The molecule has 0 saturated carbocycles. The molecule has 2 N–H and O–H groups in total. The van der Waals surface area contributed by atoms with Crippen LogP contribution in [0.5, 0.6) is 0 Å². The van der Waals surface area contributed by atoms with Crippen molar-refractivity contribution in [3.05, 3.63) is 24.0 Å². The van der Waals surface area contributed by atoms with Gasteiger partial charge in [-0.3, -0.25) is 0 Å². The van der Waals surface area contributed by atoms with Crippen molar-refractivity contribution in [2.75, 3.05) is 18.0 Å². The molecule has 0 aliphatic carbocycles.